The lowest BCUT2D eigenvalue weighted by atomic mass is 9.30. The number of hydrogen-bond donors (Lipinski definition) is 0. The summed E-state index contributed by atoms with van der Waals surface area (Å²) >= 11 is 0. The van der Waals surface area contributed by atoms with Gasteiger partial charge in [0, 0.05) is 96.2 Å². The first kappa shape index (κ1) is 53.6. The van der Waals surface area contributed by atoms with Crippen molar-refractivity contribution in [2.45, 2.75) is 0 Å². The second-order valence-electron chi connectivity index (χ2n) is 24.4. The van der Waals surface area contributed by atoms with Gasteiger partial charge in [-0.1, -0.05) is 188 Å². The van der Waals surface area contributed by atoms with E-state index in [1.807, 2.05) is 24.3 Å². The number of fused-ring (bicyclic) bond motifs is 11. The fourth-order valence-corrected chi connectivity index (χ4v) is 15.4. The summed E-state index contributed by atoms with van der Waals surface area (Å²) in [6.45, 7) is -0.565. The third kappa shape index (κ3) is 8.32. The molecule has 440 valence electrons. The van der Waals surface area contributed by atoms with Gasteiger partial charge in [0.2, 0.25) is 0 Å². The van der Waals surface area contributed by atoms with Crippen molar-refractivity contribution in [3.8, 4) is 22.6 Å². The van der Waals surface area contributed by atoms with Crippen molar-refractivity contribution in [2.75, 3.05) is 24.5 Å². The maximum atomic E-state index is 17.0. The molecule has 4 aliphatic heterocycles. The molecule has 1 aromatic heterocycles. The fourth-order valence-electron chi connectivity index (χ4n) is 15.4. The van der Waals surface area contributed by atoms with Gasteiger partial charge in [0.25, 0.3) is 13.4 Å². The van der Waals surface area contributed by atoms with Gasteiger partial charge in [-0.3, -0.25) is 0 Å². The van der Waals surface area contributed by atoms with Gasteiger partial charge in [-0.25, -0.2) is 4.39 Å². The highest BCUT2D eigenvalue weighted by molar-refractivity contribution is 7.02. The van der Waals surface area contributed by atoms with E-state index in [-0.39, 0.29) is 19.2 Å². The highest BCUT2D eigenvalue weighted by atomic mass is 19.1. The van der Waals surface area contributed by atoms with Crippen LogP contribution in [0.15, 0.2) is 332 Å². The lowest BCUT2D eigenvalue weighted by Crippen LogP contribution is -2.64. The Bertz CT molecular complexity index is 5410. The fraction of sp³-hybridized carbons (Fsp3) is 0. The predicted molar refractivity (Wildman–Crippen MR) is 388 cm³/mol. The summed E-state index contributed by atoms with van der Waals surface area (Å²) in [5, 5.41) is 1.95. The average Bonchev–Trinajstić information content (AvgIpc) is 1.21. The Hall–Kier alpha value is -12.3. The van der Waals surface area contributed by atoms with Crippen molar-refractivity contribution in [3.63, 3.8) is 0 Å². The average molecular weight is 1210 g/mol. The molecular formula is C84H54B2FN5O2. The summed E-state index contributed by atoms with van der Waals surface area (Å²) < 4.78 is 31.2. The number of nitrogens with zero attached hydrogens (tertiary/aromatic N) is 5. The molecule has 94 heavy (non-hydrogen) atoms. The molecule has 4 aliphatic rings. The number of ether oxygens (including phenoxy) is 1. The van der Waals surface area contributed by atoms with E-state index in [9.17, 15) is 0 Å². The maximum absolute atomic E-state index is 17.0. The van der Waals surface area contributed by atoms with Gasteiger partial charge in [0.1, 0.15) is 28.5 Å². The zero-order valence-corrected chi connectivity index (χ0v) is 50.8. The van der Waals surface area contributed by atoms with Crippen molar-refractivity contribution < 1.29 is 13.5 Å². The number of hydrogen-bond acceptors (Lipinski definition) is 7. The van der Waals surface area contributed by atoms with Crippen LogP contribution in [0.3, 0.4) is 0 Å². The van der Waals surface area contributed by atoms with E-state index in [2.05, 4.69) is 316 Å². The molecule has 0 radical (unpaired) electrons. The van der Waals surface area contributed by atoms with Crippen LogP contribution >= 0.6 is 0 Å². The highest BCUT2D eigenvalue weighted by Crippen LogP contribution is 2.53. The molecule has 10 heteroatoms. The minimum Gasteiger partial charge on any atom is -0.458 e. The molecule has 0 spiro atoms. The molecule has 0 bridgehead atoms. The second-order valence-corrected chi connectivity index (χ2v) is 24.4. The van der Waals surface area contributed by atoms with E-state index >= 15 is 4.39 Å². The number of rotatable bonds is 10. The lowest BCUT2D eigenvalue weighted by Gasteiger charge is -2.47. The minimum absolute atomic E-state index is 0.264. The van der Waals surface area contributed by atoms with Crippen LogP contribution in [0.5, 0.6) is 11.5 Å². The van der Waals surface area contributed by atoms with Crippen LogP contribution in [0.1, 0.15) is 0 Å². The van der Waals surface area contributed by atoms with Gasteiger partial charge in [-0.15, -0.1) is 0 Å². The molecule has 0 saturated heterocycles. The van der Waals surface area contributed by atoms with Crippen LogP contribution in [0, 0.1) is 5.82 Å². The number of halogens is 1. The zero-order valence-electron chi connectivity index (χ0n) is 50.8. The predicted octanol–water partition coefficient (Wildman–Crippen LogP) is 18.8. The summed E-state index contributed by atoms with van der Waals surface area (Å²) in [5.74, 6) is 1.24. The summed E-state index contributed by atoms with van der Waals surface area (Å²) in [5.41, 5.74) is 24.4. The standard InChI is InChI=1S/C84H54B2FN5O2/c87-55-46-47-72(67(48-55)66-40-25-39-65-64-38-19-23-44-79(64)94-84(65)66)92-75-54-74-70(86-69-42-21-24-45-80(69)93-81-52-63(51-78(83(81)86)91(74)61-36-17-6-18-37-61)89(58-30-11-3-12-31-58)59-32-13-4-14-33-59)53-71(75)85-68-41-20-22-43-73(68)90(60-34-15-5-16-35-60)76-49-62(50-77(92)82(76)85)88(56-26-7-1-8-27-56)57-28-9-2-10-29-57/h1-54H. The van der Waals surface area contributed by atoms with Crippen LogP contribution in [0.4, 0.5) is 89.7 Å². The van der Waals surface area contributed by atoms with Crippen molar-refractivity contribution in [1.29, 1.82) is 0 Å². The molecule has 0 atom stereocenters. The summed E-state index contributed by atoms with van der Waals surface area (Å²) in [4.78, 5) is 12.0. The first-order chi connectivity index (χ1) is 46.6. The number of benzene rings is 14. The Labute approximate surface area is 544 Å². The van der Waals surface area contributed by atoms with E-state index < -0.39 is 0 Å². The van der Waals surface area contributed by atoms with Crippen LogP contribution in [-0.2, 0) is 0 Å². The van der Waals surface area contributed by atoms with Gasteiger partial charge in [0.05, 0.1) is 17.1 Å². The largest absolute Gasteiger partial charge is 0.458 e. The van der Waals surface area contributed by atoms with E-state index in [0.717, 1.165) is 146 Å². The monoisotopic (exact) mass is 1210 g/mol. The van der Waals surface area contributed by atoms with E-state index in [1.54, 1.807) is 12.1 Å². The van der Waals surface area contributed by atoms with Gasteiger partial charge >= 0.3 is 0 Å². The normalized spacial score (nSPS) is 12.9. The number of para-hydroxylation sites is 10. The molecule has 0 unspecified atom stereocenters. The molecule has 15 aromatic rings. The molecule has 5 heterocycles. The van der Waals surface area contributed by atoms with Crippen molar-refractivity contribution in [3.05, 3.63) is 333 Å². The van der Waals surface area contributed by atoms with Gasteiger partial charge in [0.15, 0.2) is 0 Å². The van der Waals surface area contributed by atoms with E-state index in [1.165, 1.54) is 5.46 Å². The molecule has 0 aliphatic carbocycles. The Morgan fingerprint density at radius 1 is 0.287 bits per heavy atom. The highest BCUT2D eigenvalue weighted by Gasteiger charge is 2.49. The van der Waals surface area contributed by atoms with Crippen LogP contribution in [0.25, 0.3) is 33.1 Å². The molecule has 7 nitrogen and oxygen atoms in total. The van der Waals surface area contributed by atoms with Crippen LogP contribution in [-0.4, -0.2) is 13.4 Å². The van der Waals surface area contributed by atoms with Crippen molar-refractivity contribution in [1.82, 2.24) is 0 Å². The Kier molecular flexibility index (Phi) is 12.2. The SMILES string of the molecule is Fc1ccc(N2c3cc4c(cc3B3c5ccccc5N(c5ccccc5)c5cc(N(c6ccccc6)c6ccccc6)cc2c53)B2c3ccccc3Oc3cc(N(c5ccccc5)c5ccccc5)cc(c32)N4c2ccccc2)c(-c2cccc3c2oc2ccccc23)c1. The van der Waals surface area contributed by atoms with E-state index in [0.29, 0.717) is 11.1 Å². The number of anilines is 15. The van der Waals surface area contributed by atoms with Gasteiger partial charge in [-0.05, 0) is 166 Å². The third-order valence-corrected chi connectivity index (χ3v) is 19.2. The Balaban J connectivity index is 0.956. The maximum Gasteiger partial charge on any atom is 0.256 e. The lowest BCUT2D eigenvalue weighted by molar-refractivity contribution is 0.487. The summed E-state index contributed by atoms with van der Waals surface area (Å²) in [6.07, 6.45) is 0. The molecule has 0 amide bonds. The summed E-state index contributed by atoms with van der Waals surface area (Å²) in [6, 6.07) is 115. The molecular weight excluding hydrogens is 1150 g/mol. The zero-order chi connectivity index (χ0) is 62.0. The molecule has 0 fully saturated rings. The van der Waals surface area contributed by atoms with Gasteiger partial charge in [-0.2, -0.15) is 0 Å². The van der Waals surface area contributed by atoms with E-state index in [4.69, 9.17) is 9.15 Å². The quantitative estimate of drug-likeness (QED) is 0.126. The van der Waals surface area contributed by atoms with Gasteiger partial charge < -0.3 is 33.7 Å². The van der Waals surface area contributed by atoms with Crippen molar-refractivity contribution in [2.24, 2.45) is 0 Å². The Morgan fingerprint density at radius 2 is 0.766 bits per heavy atom. The first-order valence-corrected chi connectivity index (χ1v) is 32.0. The molecule has 14 aromatic carbocycles. The Morgan fingerprint density at radius 3 is 1.39 bits per heavy atom. The third-order valence-electron chi connectivity index (χ3n) is 19.2. The number of furan rings is 1. The topological polar surface area (TPSA) is 38.6 Å². The molecule has 0 saturated carbocycles. The summed E-state index contributed by atoms with van der Waals surface area (Å²) in [7, 11) is 0. The second kappa shape index (κ2) is 21.4. The smallest absolute Gasteiger partial charge is 0.256 e. The first-order valence-electron chi connectivity index (χ1n) is 32.0. The molecule has 19 rings (SSSR count). The van der Waals surface area contributed by atoms with Crippen molar-refractivity contribution >= 4 is 153 Å². The minimum atomic E-state index is -0.358. The van der Waals surface area contributed by atoms with Crippen LogP contribution < -0.4 is 62.0 Å². The van der Waals surface area contributed by atoms with Crippen LogP contribution in [0.2, 0.25) is 0 Å². The molecule has 0 N–H and O–H groups in total.